The molecule has 0 aromatic heterocycles. The van der Waals surface area contributed by atoms with E-state index < -0.39 is 41.3 Å². The van der Waals surface area contributed by atoms with Crippen LogP contribution >= 0.6 is 0 Å². The lowest BCUT2D eigenvalue weighted by Crippen LogP contribution is -2.54. The third-order valence-corrected chi connectivity index (χ3v) is 6.69. The Kier molecular flexibility index (Phi) is 4.39. The van der Waals surface area contributed by atoms with Gasteiger partial charge in [0.15, 0.2) is 0 Å². The lowest BCUT2D eigenvalue weighted by molar-refractivity contribution is -0.143. The van der Waals surface area contributed by atoms with Crippen LogP contribution in [0.1, 0.15) is 18.1 Å². The maximum absolute atomic E-state index is 13.6. The monoisotopic (exact) mass is 421 g/mol. The summed E-state index contributed by atoms with van der Waals surface area (Å²) < 4.78 is 5.37. The molecule has 0 bridgehead atoms. The molecule has 3 aliphatic rings. The van der Waals surface area contributed by atoms with Crippen LogP contribution in [0.4, 0.5) is 5.69 Å². The fourth-order valence-electron chi connectivity index (χ4n) is 5.32. The highest BCUT2D eigenvalue weighted by Crippen LogP contribution is 2.53. The Morgan fingerprint density at radius 3 is 2.55 bits per heavy atom. The molecule has 2 saturated heterocycles. The minimum atomic E-state index is -1.40. The van der Waals surface area contributed by atoms with Crippen molar-refractivity contribution < 1.29 is 24.2 Å². The fourth-order valence-corrected chi connectivity index (χ4v) is 5.32. The van der Waals surface area contributed by atoms with Gasteiger partial charge in [0.2, 0.25) is 17.7 Å². The van der Waals surface area contributed by atoms with Crippen molar-refractivity contribution >= 4 is 23.4 Å². The van der Waals surface area contributed by atoms with Crippen LogP contribution in [0.3, 0.4) is 0 Å². The molecule has 3 heterocycles. The average Bonchev–Trinajstić information content (AvgIpc) is 3.35. The summed E-state index contributed by atoms with van der Waals surface area (Å²) in [5.41, 5.74) is 0.524. The number of carbonyl (C=O) groups is 3. The van der Waals surface area contributed by atoms with Crippen LogP contribution in [-0.4, -0.2) is 47.0 Å². The lowest BCUT2D eigenvalue weighted by atomic mass is 9.76. The second kappa shape index (κ2) is 6.90. The summed E-state index contributed by atoms with van der Waals surface area (Å²) in [6.45, 7) is 1.60. The second-order valence-electron chi connectivity index (χ2n) is 8.30. The highest BCUT2D eigenvalue weighted by atomic mass is 16.5. The zero-order valence-electron chi connectivity index (χ0n) is 17.2. The van der Waals surface area contributed by atoms with Crippen LogP contribution in [0.25, 0.3) is 0 Å². The minimum Gasteiger partial charge on any atom is -0.496 e. The van der Waals surface area contributed by atoms with Gasteiger partial charge in [-0.3, -0.25) is 24.6 Å². The number of aliphatic hydroxyl groups excluding tert-OH is 1. The van der Waals surface area contributed by atoms with Crippen molar-refractivity contribution in [1.29, 1.82) is 0 Å². The highest BCUT2D eigenvalue weighted by Gasteiger charge is 2.71. The molecule has 2 aromatic carbocycles. The molecule has 1 spiro atoms. The standard InChI is InChI=1S/C23H23N3O5/c1-12(27)19-17-18(23(25-19)14-8-4-5-9-15(14)24-22(23)30)21(29)26(20(17)28)11-13-7-3-6-10-16(13)31-2/h3-10,12,17-19,25,27H,11H2,1-2H3,(H,24,30)/t12-,17-,18+,19-,23+/m1/s1. The van der Waals surface area contributed by atoms with E-state index >= 15 is 0 Å². The van der Waals surface area contributed by atoms with Crippen molar-refractivity contribution in [3.63, 3.8) is 0 Å². The van der Waals surface area contributed by atoms with E-state index in [1.54, 1.807) is 43.3 Å². The molecule has 5 rings (SSSR count). The van der Waals surface area contributed by atoms with E-state index in [9.17, 15) is 19.5 Å². The summed E-state index contributed by atoms with van der Waals surface area (Å²) in [6, 6.07) is 13.6. The molecule has 8 heteroatoms. The number of carbonyl (C=O) groups excluding carboxylic acids is 3. The molecular weight excluding hydrogens is 398 g/mol. The van der Waals surface area contributed by atoms with Crippen LogP contribution in [0.5, 0.6) is 5.75 Å². The number of fused-ring (bicyclic) bond motifs is 4. The fraction of sp³-hybridized carbons (Fsp3) is 0.348. The number of methoxy groups -OCH3 is 1. The Balaban J connectivity index is 1.60. The van der Waals surface area contributed by atoms with Crippen molar-refractivity contribution in [3.05, 3.63) is 59.7 Å². The van der Waals surface area contributed by atoms with Crippen molar-refractivity contribution in [3.8, 4) is 5.75 Å². The zero-order valence-corrected chi connectivity index (χ0v) is 17.2. The van der Waals surface area contributed by atoms with Crippen molar-refractivity contribution in [2.24, 2.45) is 11.8 Å². The summed E-state index contributed by atoms with van der Waals surface area (Å²) in [7, 11) is 1.53. The number of nitrogens with zero attached hydrogens (tertiary/aromatic N) is 1. The first-order valence-corrected chi connectivity index (χ1v) is 10.2. The molecule has 0 saturated carbocycles. The largest absolute Gasteiger partial charge is 0.496 e. The van der Waals surface area contributed by atoms with Gasteiger partial charge in [0.1, 0.15) is 11.3 Å². The first-order chi connectivity index (χ1) is 14.9. The van der Waals surface area contributed by atoms with Gasteiger partial charge in [0.25, 0.3) is 0 Å². The summed E-state index contributed by atoms with van der Waals surface area (Å²) in [4.78, 5) is 41.5. The SMILES string of the molecule is COc1ccccc1CN1C(=O)[C@H]2[C@@H]([C@@H](C)O)N[C@]3(C(=O)Nc4ccccc43)[C@@H]2C1=O. The predicted octanol–water partition coefficient (Wildman–Crippen LogP) is 0.997. The molecule has 8 nitrogen and oxygen atoms in total. The van der Waals surface area contributed by atoms with E-state index in [1.807, 2.05) is 12.1 Å². The van der Waals surface area contributed by atoms with E-state index in [0.29, 0.717) is 22.6 Å². The molecule has 160 valence electrons. The molecule has 3 amide bonds. The molecule has 0 radical (unpaired) electrons. The highest BCUT2D eigenvalue weighted by molar-refractivity contribution is 6.15. The van der Waals surface area contributed by atoms with Crippen LogP contribution < -0.4 is 15.4 Å². The molecule has 3 aliphatic heterocycles. The van der Waals surface area contributed by atoms with Gasteiger partial charge in [-0.05, 0) is 19.1 Å². The van der Waals surface area contributed by atoms with Crippen molar-refractivity contribution in [2.75, 3.05) is 12.4 Å². The number of likely N-dealkylation sites (tertiary alicyclic amines) is 1. The Morgan fingerprint density at radius 1 is 1.10 bits per heavy atom. The molecule has 0 aliphatic carbocycles. The number of anilines is 1. The first kappa shape index (κ1) is 19.7. The third kappa shape index (κ3) is 2.58. The van der Waals surface area contributed by atoms with Gasteiger partial charge in [-0.2, -0.15) is 0 Å². The molecule has 2 fully saturated rings. The van der Waals surface area contributed by atoms with Gasteiger partial charge in [0.05, 0.1) is 31.6 Å². The number of benzene rings is 2. The molecule has 3 N–H and O–H groups in total. The zero-order chi connectivity index (χ0) is 21.9. The van der Waals surface area contributed by atoms with Crippen molar-refractivity contribution in [1.82, 2.24) is 10.2 Å². The third-order valence-electron chi connectivity index (χ3n) is 6.69. The van der Waals surface area contributed by atoms with Gasteiger partial charge in [-0.25, -0.2) is 0 Å². The Hall–Kier alpha value is -3.23. The Labute approximate surface area is 179 Å². The van der Waals surface area contributed by atoms with Crippen LogP contribution in [0.2, 0.25) is 0 Å². The summed E-state index contributed by atoms with van der Waals surface area (Å²) in [5.74, 6) is -2.43. The van der Waals surface area contributed by atoms with Crippen molar-refractivity contribution in [2.45, 2.75) is 31.2 Å². The van der Waals surface area contributed by atoms with Crippen LogP contribution in [-0.2, 0) is 26.5 Å². The first-order valence-electron chi connectivity index (χ1n) is 10.2. The number of hydrogen-bond acceptors (Lipinski definition) is 6. The maximum Gasteiger partial charge on any atom is 0.250 e. The van der Waals surface area contributed by atoms with E-state index in [-0.39, 0.29) is 12.5 Å². The number of ether oxygens (including phenoxy) is 1. The summed E-state index contributed by atoms with van der Waals surface area (Å²) in [6.07, 6.45) is -0.935. The predicted molar refractivity (Wildman–Crippen MR) is 111 cm³/mol. The lowest BCUT2D eigenvalue weighted by Gasteiger charge is -2.30. The van der Waals surface area contributed by atoms with Gasteiger partial charge in [-0.15, -0.1) is 0 Å². The quantitative estimate of drug-likeness (QED) is 0.636. The van der Waals surface area contributed by atoms with Gasteiger partial charge in [0, 0.05) is 22.9 Å². The molecule has 0 unspecified atom stereocenters. The van der Waals surface area contributed by atoms with E-state index in [1.165, 1.54) is 12.0 Å². The number of amides is 3. The number of rotatable bonds is 4. The second-order valence-corrected chi connectivity index (χ2v) is 8.30. The molecular formula is C23H23N3O5. The van der Waals surface area contributed by atoms with Crippen LogP contribution in [0, 0.1) is 11.8 Å². The van der Waals surface area contributed by atoms with Crippen LogP contribution in [0.15, 0.2) is 48.5 Å². The Bertz CT molecular complexity index is 1100. The number of aliphatic hydroxyl groups is 1. The summed E-state index contributed by atoms with van der Waals surface area (Å²) in [5, 5.41) is 16.5. The number of nitrogens with one attached hydrogen (secondary N) is 2. The number of imide groups is 1. The van der Waals surface area contributed by atoms with Gasteiger partial charge >= 0.3 is 0 Å². The summed E-state index contributed by atoms with van der Waals surface area (Å²) >= 11 is 0. The van der Waals surface area contributed by atoms with E-state index in [0.717, 1.165) is 0 Å². The normalized spacial score (nSPS) is 29.8. The molecule has 5 atom stereocenters. The smallest absolute Gasteiger partial charge is 0.250 e. The number of hydrogen-bond donors (Lipinski definition) is 3. The minimum absolute atomic E-state index is 0.0422. The molecule has 2 aromatic rings. The Morgan fingerprint density at radius 2 is 1.81 bits per heavy atom. The number of para-hydroxylation sites is 2. The van der Waals surface area contributed by atoms with Gasteiger partial charge < -0.3 is 15.2 Å². The maximum atomic E-state index is 13.6. The van der Waals surface area contributed by atoms with E-state index in [2.05, 4.69) is 10.6 Å². The van der Waals surface area contributed by atoms with Gasteiger partial charge in [-0.1, -0.05) is 36.4 Å². The van der Waals surface area contributed by atoms with E-state index in [4.69, 9.17) is 4.74 Å². The molecule has 31 heavy (non-hydrogen) atoms. The average molecular weight is 421 g/mol. The topological polar surface area (TPSA) is 108 Å².